The molecule has 0 aliphatic heterocycles. The quantitative estimate of drug-likeness (QED) is 0.440. The monoisotopic (exact) mass is 471 g/mol. The van der Waals surface area contributed by atoms with Crippen molar-refractivity contribution in [3.05, 3.63) is 64.4 Å². The lowest BCUT2D eigenvalue weighted by molar-refractivity contribution is -0.116. The number of amides is 2. The molecule has 2 N–H and O–H groups in total. The first kappa shape index (κ1) is 23.8. The molecule has 7 nitrogen and oxygen atoms in total. The van der Waals surface area contributed by atoms with Gasteiger partial charge in [-0.05, 0) is 55.7 Å². The lowest BCUT2D eigenvalue weighted by Gasteiger charge is -2.13. The van der Waals surface area contributed by atoms with E-state index in [1.54, 1.807) is 24.3 Å². The van der Waals surface area contributed by atoms with Gasteiger partial charge in [0.15, 0.2) is 5.16 Å². The minimum atomic E-state index is -0.199. The van der Waals surface area contributed by atoms with Crippen LogP contribution in [-0.4, -0.2) is 32.3 Å². The number of thioether (sulfide) groups is 1. The number of para-hydroxylation sites is 1. The Morgan fingerprint density at radius 3 is 2.47 bits per heavy atom. The number of halogens is 1. The average Bonchev–Trinajstić information content (AvgIpc) is 3.16. The van der Waals surface area contributed by atoms with Crippen LogP contribution >= 0.6 is 23.4 Å². The molecule has 168 valence electrons. The van der Waals surface area contributed by atoms with Crippen LogP contribution in [0.15, 0.2) is 47.6 Å². The van der Waals surface area contributed by atoms with Crippen molar-refractivity contribution in [1.82, 2.24) is 14.8 Å². The van der Waals surface area contributed by atoms with Crippen LogP contribution in [0.25, 0.3) is 0 Å². The number of rotatable bonds is 9. The van der Waals surface area contributed by atoms with Gasteiger partial charge in [0.1, 0.15) is 5.82 Å². The second-order valence-corrected chi connectivity index (χ2v) is 8.55. The van der Waals surface area contributed by atoms with Crippen molar-refractivity contribution in [2.24, 2.45) is 0 Å². The van der Waals surface area contributed by atoms with Crippen molar-refractivity contribution in [1.29, 1.82) is 0 Å². The molecular formula is C23H26ClN5O2S. The van der Waals surface area contributed by atoms with Gasteiger partial charge in [0.2, 0.25) is 11.8 Å². The number of hydrogen-bond acceptors (Lipinski definition) is 5. The third-order valence-corrected chi connectivity index (χ3v) is 6.11. The maximum Gasteiger partial charge on any atom is 0.234 e. The van der Waals surface area contributed by atoms with Crippen molar-refractivity contribution >= 4 is 46.6 Å². The van der Waals surface area contributed by atoms with Crippen LogP contribution in [0.3, 0.4) is 0 Å². The molecule has 2 aromatic carbocycles. The molecule has 3 aromatic rings. The summed E-state index contributed by atoms with van der Waals surface area (Å²) in [4.78, 5) is 25.0. The van der Waals surface area contributed by atoms with Gasteiger partial charge in [-0.3, -0.25) is 9.59 Å². The lowest BCUT2D eigenvalue weighted by atomic mass is 10.1. The SMILES string of the molecule is CCc1cccc(C)c1NC(=O)CSc1nnc(CC(=O)Nc2ccc(Cl)cc2)n1CC. The fraction of sp³-hybridized carbons (Fsp3) is 0.304. The van der Waals surface area contributed by atoms with Gasteiger partial charge >= 0.3 is 0 Å². The second kappa shape index (κ2) is 11.2. The Morgan fingerprint density at radius 1 is 1.03 bits per heavy atom. The topological polar surface area (TPSA) is 88.9 Å². The van der Waals surface area contributed by atoms with Crippen molar-refractivity contribution in [3.63, 3.8) is 0 Å². The highest BCUT2D eigenvalue weighted by Gasteiger charge is 2.17. The molecule has 9 heteroatoms. The van der Waals surface area contributed by atoms with E-state index >= 15 is 0 Å². The van der Waals surface area contributed by atoms with Crippen LogP contribution in [0, 0.1) is 6.92 Å². The Hall–Kier alpha value is -2.84. The summed E-state index contributed by atoms with van der Waals surface area (Å²) in [7, 11) is 0. The zero-order valence-corrected chi connectivity index (χ0v) is 19.9. The van der Waals surface area contributed by atoms with Gasteiger partial charge in [-0.2, -0.15) is 0 Å². The molecule has 0 aliphatic rings. The minimum absolute atomic E-state index is 0.0826. The number of carbonyl (C=O) groups is 2. The lowest BCUT2D eigenvalue weighted by Crippen LogP contribution is -2.18. The van der Waals surface area contributed by atoms with Gasteiger partial charge in [0.05, 0.1) is 12.2 Å². The van der Waals surface area contributed by atoms with Gasteiger partial charge < -0.3 is 15.2 Å². The number of anilines is 2. The molecule has 0 unspecified atom stereocenters. The Kier molecular flexibility index (Phi) is 8.30. The zero-order valence-electron chi connectivity index (χ0n) is 18.3. The highest BCUT2D eigenvalue weighted by atomic mass is 35.5. The Labute approximate surface area is 197 Å². The summed E-state index contributed by atoms with van der Waals surface area (Å²) >= 11 is 7.18. The molecule has 0 spiro atoms. The molecular weight excluding hydrogens is 446 g/mol. The molecule has 1 heterocycles. The van der Waals surface area contributed by atoms with Crippen LogP contribution in [-0.2, 0) is 29.0 Å². The molecule has 0 saturated heterocycles. The molecule has 0 saturated carbocycles. The number of aryl methyl sites for hydroxylation is 2. The van der Waals surface area contributed by atoms with E-state index in [1.165, 1.54) is 11.8 Å². The number of nitrogens with one attached hydrogen (secondary N) is 2. The van der Waals surface area contributed by atoms with Crippen LogP contribution in [0.1, 0.15) is 30.8 Å². The molecule has 3 rings (SSSR count). The molecule has 0 radical (unpaired) electrons. The average molecular weight is 472 g/mol. The summed E-state index contributed by atoms with van der Waals surface area (Å²) < 4.78 is 1.85. The first-order valence-corrected chi connectivity index (χ1v) is 11.8. The van der Waals surface area contributed by atoms with Crippen molar-refractivity contribution in [2.45, 2.75) is 45.3 Å². The number of benzene rings is 2. The summed E-state index contributed by atoms with van der Waals surface area (Å²) in [5, 5.41) is 15.4. The molecule has 0 fully saturated rings. The number of carbonyl (C=O) groups excluding carboxylic acids is 2. The third kappa shape index (κ3) is 6.11. The highest BCUT2D eigenvalue weighted by Crippen LogP contribution is 2.23. The van der Waals surface area contributed by atoms with Crippen LogP contribution < -0.4 is 10.6 Å². The fourth-order valence-corrected chi connectivity index (χ4v) is 4.21. The molecule has 0 bridgehead atoms. The van der Waals surface area contributed by atoms with E-state index in [2.05, 4.69) is 27.8 Å². The zero-order chi connectivity index (χ0) is 23.1. The Bertz CT molecular complexity index is 1100. The molecule has 32 heavy (non-hydrogen) atoms. The predicted octanol–water partition coefficient (Wildman–Crippen LogP) is 4.73. The van der Waals surface area contributed by atoms with E-state index in [9.17, 15) is 9.59 Å². The van der Waals surface area contributed by atoms with Crippen molar-refractivity contribution in [2.75, 3.05) is 16.4 Å². The minimum Gasteiger partial charge on any atom is -0.326 e. The highest BCUT2D eigenvalue weighted by molar-refractivity contribution is 7.99. The summed E-state index contributed by atoms with van der Waals surface area (Å²) in [6.07, 6.45) is 0.926. The number of nitrogens with zero attached hydrogens (tertiary/aromatic N) is 3. The summed E-state index contributed by atoms with van der Waals surface area (Å²) in [6, 6.07) is 12.9. The second-order valence-electron chi connectivity index (χ2n) is 7.17. The molecule has 0 atom stereocenters. The van der Waals surface area contributed by atoms with Gasteiger partial charge in [0, 0.05) is 22.9 Å². The van der Waals surface area contributed by atoms with Crippen molar-refractivity contribution < 1.29 is 9.59 Å². The van der Waals surface area contributed by atoms with Gasteiger partial charge in [0.25, 0.3) is 0 Å². The largest absolute Gasteiger partial charge is 0.326 e. The summed E-state index contributed by atoms with van der Waals surface area (Å²) in [5.41, 5.74) is 3.68. The van der Waals surface area contributed by atoms with E-state index in [4.69, 9.17) is 11.6 Å². The van der Waals surface area contributed by atoms with Gasteiger partial charge in [-0.25, -0.2) is 0 Å². The Morgan fingerprint density at radius 2 is 1.78 bits per heavy atom. The van der Waals surface area contributed by atoms with Gasteiger partial charge in [-0.15, -0.1) is 10.2 Å². The third-order valence-electron chi connectivity index (χ3n) is 4.89. The maximum atomic E-state index is 12.6. The van der Waals surface area contributed by atoms with Crippen molar-refractivity contribution in [3.8, 4) is 0 Å². The summed E-state index contributed by atoms with van der Waals surface area (Å²) in [6.45, 7) is 6.59. The van der Waals surface area contributed by atoms with Crippen LogP contribution in [0.2, 0.25) is 5.02 Å². The Balaban J connectivity index is 1.60. The molecule has 1 aromatic heterocycles. The van der Waals surface area contributed by atoms with Crippen LogP contribution in [0.4, 0.5) is 11.4 Å². The van der Waals surface area contributed by atoms with E-state index in [1.807, 2.05) is 36.6 Å². The van der Waals surface area contributed by atoms with E-state index in [0.29, 0.717) is 28.2 Å². The number of hydrogen-bond donors (Lipinski definition) is 2. The fourth-order valence-electron chi connectivity index (χ4n) is 3.26. The normalized spacial score (nSPS) is 10.8. The smallest absolute Gasteiger partial charge is 0.234 e. The first-order valence-electron chi connectivity index (χ1n) is 10.4. The molecule has 0 aliphatic carbocycles. The maximum absolute atomic E-state index is 12.6. The molecule has 2 amide bonds. The van der Waals surface area contributed by atoms with E-state index in [-0.39, 0.29) is 24.0 Å². The summed E-state index contributed by atoms with van der Waals surface area (Å²) in [5.74, 6) is 0.447. The first-order chi connectivity index (χ1) is 15.4. The van der Waals surface area contributed by atoms with Crippen LogP contribution in [0.5, 0.6) is 0 Å². The predicted molar refractivity (Wildman–Crippen MR) is 129 cm³/mol. The van der Waals surface area contributed by atoms with Gasteiger partial charge in [-0.1, -0.05) is 48.5 Å². The van der Waals surface area contributed by atoms with E-state index < -0.39 is 0 Å². The number of aromatic nitrogens is 3. The standard InChI is InChI=1S/C23H26ClN5O2S/c1-4-16-8-6-7-15(3)22(16)26-21(31)14-32-23-28-27-19(29(23)5-2)13-20(30)25-18-11-9-17(24)10-12-18/h6-12H,4-5,13-14H2,1-3H3,(H,25,30)(H,26,31). The van der Waals surface area contributed by atoms with E-state index in [0.717, 1.165) is 23.2 Å².